The van der Waals surface area contributed by atoms with Gasteiger partial charge in [0.05, 0.1) is 40.4 Å². The van der Waals surface area contributed by atoms with Gasteiger partial charge in [0.15, 0.2) is 0 Å². The number of aromatic carboxylic acids is 1. The van der Waals surface area contributed by atoms with Crippen LogP contribution in [0.25, 0.3) is 16.7 Å². The number of benzene rings is 3. The fraction of sp³-hybridized carbons (Fsp3) is 0.405. The summed E-state index contributed by atoms with van der Waals surface area (Å²) in [6.07, 6.45) is -16.5. The highest BCUT2D eigenvalue weighted by molar-refractivity contribution is 6.34. The molecule has 0 spiro atoms. The van der Waals surface area contributed by atoms with Crippen molar-refractivity contribution in [2.75, 3.05) is 13.7 Å². The second kappa shape index (κ2) is 13.8. The molecule has 6 nitrogen and oxygen atoms in total. The number of hydrogen-bond acceptors (Lipinski definition) is 4. The van der Waals surface area contributed by atoms with Crippen LogP contribution in [0.3, 0.4) is 0 Å². The van der Waals surface area contributed by atoms with Crippen LogP contribution in [0.15, 0.2) is 48.0 Å². The maximum Gasteiger partial charge on any atom is 0.417 e. The summed E-state index contributed by atoms with van der Waals surface area (Å²) < 4.78 is 136. The average Bonchev–Trinajstić information content (AvgIpc) is 3.32. The fourth-order valence-corrected chi connectivity index (χ4v) is 7.23. The number of alkyl halides is 9. The van der Waals surface area contributed by atoms with Crippen LogP contribution in [0, 0.1) is 12.3 Å². The number of carbonyl (C=O) groups excluding carboxylic acids is 1. The van der Waals surface area contributed by atoms with E-state index in [0.29, 0.717) is 42.5 Å². The van der Waals surface area contributed by atoms with Gasteiger partial charge < -0.3 is 14.6 Å². The summed E-state index contributed by atoms with van der Waals surface area (Å²) in [5.74, 6) is -1.53. The highest BCUT2D eigenvalue weighted by atomic mass is 35.5. The molecule has 5 rings (SSSR count). The maximum atomic E-state index is 14.6. The second-order valence-electron chi connectivity index (χ2n) is 13.9. The maximum absolute atomic E-state index is 14.6. The first-order valence-corrected chi connectivity index (χ1v) is 16.5. The SMILES string of the molecule is COc1cc(C(F)(F)F)c(-c2ccc(C(=O)O)c(Cl)c2C)cc1C1=C(CN2C(=O)O[C@H](c3cc(C(F)(F)F)cc(C(F)(F)F)c3)[C@@H]2C)CC(C)(C)CC1. The van der Waals surface area contributed by atoms with Gasteiger partial charge in [0.2, 0.25) is 0 Å². The van der Waals surface area contributed by atoms with E-state index >= 15 is 0 Å². The van der Waals surface area contributed by atoms with Gasteiger partial charge in [0, 0.05) is 12.1 Å². The van der Waals surface area contributed by atoms with Crippen molar-refractivity contribution in [3.8, 4) is 16.9 Å². The molecule has 1 aliphatic heterocycles. The highest BCUT2D eigenvalue weighted by Gasteiger charge is 2.45. The normalized spacial score (nSPS) is 19.5. The first-order valence-electron chi connectivity index (χ1n) is 16.1. The molecule has 1 amide bonds. The molecule has 3 aromatic rings. The number of ether oxygens (including phenoxy) is 2. The van der Waals surface area contributed by atoms with Crippen molar-refractivity contribution in [3.63, 3.8) is 0 Å². The third-order valence-corrected chi connectivity index (χ3v) is 10.2. The van der Waals surface area contributed by atoms with E-state index < -0.39 is 65.0 Å². The minimum absolute atomic E-state index is 0.00779. The van der Waals surface area contributed by atoms with Crippen molar-refractivity contribution in [1.82, 2.24) is 4.90 Å². The minimum Gasteiger partial charge on any atom is -0.496 e. The number of carbonyl (C=O) groups is 2. The van der Waals surface area contributed by atoms with Crippen LogP contribution in [-0.4, -0.2) is 41.8 Å². The number of carboxylic acids is 1. The van der Waals surface area contributed by atoms with E-state index in [1.165, 1.54) is 38.0 Å². The van der Waals surface area contributed by atoms with Crippen LogP contribution >= 0.6 is 11.6 Å². The van der Waals surface area contributed by atoms with Gasteiger partial charge in [-0.15, -0.1) is 0 Å². The summed E-state index contributed by atoms with van der Waals surface area (Å²) in [6, 6.07) is 4.35. The van der Waals surface area contributed by atoms with Crippen LogP contribution in [0.2, 0.25) is 5.02 Å². The first-order chi connectivity index (χ1) is 24.3. The largest absolute Gasteiger partial charge is 0.496 e. The van der Waals surface area contributed by atoms with E-state index in [1.54, 1.807) is 0 Å². The molecule has 286 valence electrons. The van der Waals surface area contributed by atoms with Crippen LogP contribution in [0.1, 0.15) is 89.9 Å². The summed E-state index contributed by atoms with van der Waals surface area (Å²) >= 11 is 6.29. The molecule has 3 aromatic carbocycles. The molecule has 0 bridgehead atoms. The molecule has 0 radical (unpaired) electrons. The Morgan fingerprint density at radius 2 is 1.55 bits per heavy atom. The molecule has 2 atom stereocenters. The predicted octanol–water partition coefficient (Wildman–Crippen LogP) is 11.6. The summed E-state index contributed by atoms with van der Waals surface area (Å²) in [5, 5.41) is 9.25. The van der Waals surface area contributed by atoms with Crippen LogP contribution in [-0.2, 0) is 23.3 Å². The van der Waals surface area contributed by atoms with E-state index in [2.05, 4.69) is 0 Å². The Morgan fingerprint density at radius 3 is 2.08 bits per heavy atom. The molecule has 0 saturated carbocycles. The lowest BCUT2D eigenvalue weighted by atomic mass is 9.72. The summed E-state index contributed by atoms with van der Waals surface area (Å²) in [4.78, 5) is 26.1. The predicted molar refractivity (Wildman–Crippen MR) is 177 cm³/mol. The molecular weight excluding hydrogens is 745 g/mol. The van der Waals surface area contributed by atoms with Gasteiger partial charge in [-0.1, -0.05) is 31.5 Å². The number of methoxy groups -OCH3 is 1. The molecule has 1 aliphatic carbocycles. The lowest BCUT2D eigenvalue weighted by Crippen LogP contribution is -2.35. The van der Waals surface area contributed by atoms with Gasteiger partial charge >= 0.3 is 30.6 Å². The lowest BCUT2D eigenvalue weighted by molar-refractivity contribution is -0.143. The van der Waals surface area contributed by atoms with Crippen molar-refractivity contribution in [2.24, 2.45) is 5.41 Å². The van der Waals surface area contributed by atoms with E-state index in [0.717, 1.165) is 12.1 Å². The van der Waals surface area contributed by atoms with Gasteiger partial charge in [0.1, 0.15) is 11.9 Å². The topological polar surface area (TPSA) is 76.1 Å². The van der Waals surface area contributed by atoms with Gasteiger partial charge in [-0.3, -0.25) is 4.90 Å². The fourth-order valence-electron chi connectivity index (χ4n) is 6.98. The molecular formula is C37H33ClF9NO5. The van der Waals surface area contributed by atoms with Gasteiger partial charge in [-0.25, -0.2) is 9.59 Å². The van der Waals surface area contributed by atoms with Crippen LogP contribution < -0.4 is 4.74 Å². The molecule has 0 unspecified atom stereocenters. The summed E-state index contributed by atoms with van der Waals surface area (Å²) in [7, 11) is 1.18. The summed E-state index contributed by atoms with van der Waals surface area (Å²) in [5.41, 5.74) is -4.33. The smallest absolute Gasteiger partial charge is 0.417 e. The Bertz CT molecular complexity index is 1970. The van der Waals surface area contributed by atoms with Crippen LogP contribution in [0.4, 0.5) is 44.3 Å². The zero-order chi connectivity index (χ0) is 39.6. The molecule has 53 heavy (non-hydrogen) atoms. The molecule has 0 aromatic heterocycles. The minimum atomic E-state index is -5.13. The van der Waals surface area contributed by atoms with Gasteiger partial charge in [0.25, 0.3) is 0 Å². The van der Waals surface area contributed by atoms with Crippen molar-refractivity contribution in [2.45, 2.75) is 77.6 Å². The number of nitrogens with zero attached hydrogens (tertiary/aromatic N) is 1. The Labute approximate surface area is 303 Å². The number of allylic oxidation sites excluding steroid dienone is 1. The molecule has 1 N–H and O–H groups in total. The zero-order valence-electron chi connectivity index (χ0n) is 28.8. The number of cyclic esters (lactones) is 1. The van der Waals surface area contributed by atoms with Crippen molar-refractivity contribution < 1.29 is 63.7 Å². The van der Waals surface area contributed by atoms with Gasteiger partial charge in [-0.05, 0) is 108 Å². The lowest BCUT2D eigenvalue weighted by Gasteiger charge is -2.36. The Morgan fingerprint density at radius 1 is 0.943 bits per heavy atom. The average molecular weight is 778 g/mol. The zero-order valence-corrected chi connectivity index (χ0v) is 29.6. The van der Waals surface area contributed by atoms with E-state index in [-0.39, 0.29) is 56.6 Å². The highest BCUT2D eigenvalue weighted by Crippen LogP contribution is 2.50. The molecule has 2 aliphatic rings. The van der Waals surface area contributed by atoms with Crippen molar-refractivity contribution in [3.05, 3.63) is 92.0 Å². The standard InChI is InChI=1S/C37H33ClF9NO5/c1-17-23(6-7-25(30(17)38)32(49)50)26-13-27(29(52-5)14-28(26)37(45,46)47)24-8-9-34(3,4)15-20(24)16-48-18(2)31(53-33(48)51)19-10-21(35(39,40)41)12-22(11-19)36(42,43)44/h6-7,10-14,18,31H,8-9,15-16H2,1-5H3,(H,49,50)/t18-,31-/m0/s1. The Kier molecular flexibility index (Phi) is 10.4. The van der Waals surface area contributed by atoms with E-state index in [1.807, 2.05) is 13.8 Å². The number of amides is 1. The Hall–Kier alpha value is -4.40. The molecule has 1 heterocycles. The molecule has 16 heteroatoms. The monoisotopic (exact) mass is 777 g/mol. The molecule has 1 saturated heterocycles. The third kappa shape index (κ3) is 7.95. The number of rotatable bonds is 7. The quantitative estimate of drug-likeness (QED) is 0.242. The summed E-state index contributed by atoms with van der Waals surface area (Å²) in [6.45, 7) is 6.47. The number of carboxylic acid groups (broad SMARTS) is 1. The van der Waals surface area contributed by atoms with Crippen molar-refractivity contribution >= 4 is 29.2 Å². The molecule has 1 fully saturated rings. The Balaban J connectivity index is 1.65. The number of halogens is 10. The number of hydrogen-bond donors (Lipinski definition) is 1. The first kappa shape index (κ1) is 39.8. The third-order valence-electron chi connectivity index (χ3n) is 9.74. The van der Waals surface area contributed by atoms with E-state index in [9.17, 15) is 54.2 Å². The van der Waals surface area contributed by atoms with Crippen molar-refractivity contribution in [1.29, 1.82) is 0 Å². The van der Waals surface area contributed by atoms with Crippen LogP contribution in [0.5, 0.6) is 5.75 Å². The van der Waals surface area contributed by atoms with Gasteiger partial charge in [-0.2, -0.15) is 39.5 Å². The second-order valence-corrected chi connectivity index (χ2v) is 14.3. The van der Waals surface area contributed by atoms with E-state index in [4.69, 9.17) is 21.1 Å².